The van der Waals surface area contributed by atoms with Crippen molar-refractivity contribution in [2.24, 2.45) is 4.99 Å². The van der Waals surface area contributed by atoms with Crippen LogP contribution < -0.4 is 15.4 Å². The molecule has 144 valence electrons. The highest BCUT2D eigenvalue weighted by atomic mass is 127. The van der Waals surface area contributed by atoms with E-state index in [1.165, 1.54) is 12.1 Å². The first-order valence-corrected chi connectivity index (χ1v) is 8.46. The fourth-order valence-corrected chi connectivity index (χ4v) is 2.76. The van der Waals surface area contributed by atoms with Crippen molar-refractivity contribution < 1.29 is 17.9 Å². The van der Waals surface area contributed by atoms with E-state index in [2.05, 4.69) is 25.3 Å². The third-order valence-corrected chi connectivity index (χ3v) is 3.96. The smallest absolute Gasteiger partial charge is 0.405 e. The van der Waals surface area contributed by atoms with Crippen LogP contribution in [0.15, 0.2) is 35.5 Å². The van der Waals surface area contributed by atoms with Gasteiger partial charge in [0.25, 0.3) is 0 Å². The summed E-state index contributed by atoms with van der Waals surface area (Å²) in [6.45, 7) is 5.06. The van der Waals surface area contributed by atoms with Crippen LogP contribution in [0.2, 0.25) is 0 Å². The summed E-state index contributed by atoms with van der Waals surface area (Å²) in [5, 5.41) is 7.16. The van der Waals surface area contributed by atoms with Gasteiger partial charge in [-0.1, -0.05) is 18.2 Å². The highest BCUT2D eigenvalue weighted by molar-refractivity contribution is 14.0. The van der Waals surface area contributed by atoms with Crippen LogP contribution in [0, 0.1) is 6.92 Å². The number of rotatable bonds is 6. The standard InChI is InChI=1S/C16H19F3N4OS.HI/c1-3-20-15(23-10-13-9-21-11(2)25-13)22-8-12-6-4-5-7-14(12)24-16(17,18)19;/h4-7,9H,3,8,10H2,1-2H3,(H2,20,22,23);1H. The fourth-order valence-electron chi connectivity index (χ4n) is 2.02. The Balaban J connectivity index is 0.00000338. The molecular formula is C16H20F3IN4OS. The lowest BCUT2D eigenvalue weighted by Crippen LogP contribution is -2.36. The summed E-state index contributed by atoms with van der Waals surface area (Å²) in [7, 11) is 0. The van der Waals surface area contributed by atoms with Crippen molar-refractivity contribution in [1.29, 1.82) is 0 Å². The molecule has 0 aliphatic carbocycles. The van der Waals surface area contributed by atoms with Gasteiger partial charge < -0.3 is 15.4 Å². The second-order valence-electron chi connectivity index (χ2n) is 5.05. The second-order valence-corrected chi connectivity index (χ2v) is 6.37. The van der Waals surface area contributed by atoms with Gasteiger partial charge in [0.05, 0.1) is 18.1 Å². The lowest BCUT2D eigenvalue weighted by molar-refractivity contribution is -0.274. The third kappa shape index (κ3) is 7.77. The molecule has 0 amide bonds. The van der Waals surface area contributed by atoms with Gasteiger partial charge in [-0.15, -0.1) is 48.5 Å². The summed E-state index contributed by atoms with van der Waals surface area (Å²) in [5.41, 5.74) is 0.352. The lowest BCUT2D eigenvalue weighted by Gasteiger charge is -2.13. The van der Waals surface area contributed by atoms with Gasteiger partial charge >= 0.3 is 6.36 Å². The predicted octanol–water partition coefficient (Wildman–Crippen LogP) is 4.22. The first kappa shape index (κ1) is 22.5. The maximum absolute atomic E-state index is 12.5. The second kappa shape index (κ2) is 10.6. The van der Waals surface area contributed by atoms with Crippen molar-refractivity contribution in [2.45, 2.75) is 33.3 Å². The van der Waals surface area contributed by atoms with Crippen LogP contribution in [-0.2, 0) is 13.1 Å². The average molecular weight is 500 g/mol. The highest BCUT2D eigenvalue weighted by Gasteiger charge is 2.31. The zero-order valence-corrected chi connectivity index (χ0v) is 17.4. The number of aryl methyl sites for hydroxylation is 1. The maximum atomic E-state index is 12.5. The Bertz CT molecular complexity index is 722. The van der Waals surface area contributed by atoms with Crippen LogP contribution in [0.4, 0.5) is 13.2 Å². The van der Waals surface area contributed by atoms with E-state index in [9.17, 15) is 13.2 Å². The van der Waals surface area contributed by atoms with Crippen molar-refractivity contribution in [3.05, 3.63) is 45.9 Å². The zero-order valence-electron chi connectivity index (χ0n) is 14.3. The number of ether oxygens (including phenoxy) is 1. The van der Waals surface area contributed by atoms with Crippen LogP contribution in [0.25, 0.3) is 0 Å². The third-order valence-electron chi connectivity index (χ3n) is 3.05. The van der Waals surface area contributed by atoms with Gasteiger partial charge in [0.1, 0.15) is 5.75 Å². The van der Waals surface area contributed by atoms with Gasteiger partial charge in [0, 0.05) is 23.2 Å². The Morgan fingerprint density at radius 1 is 1.27 bits per heavy atom. The fraction of sp³-hybridized carbons (Fsp3) is 0.375. The summed E-state index contributed by atoms with van der Waals surface area (Å²) < 4.78 is 41.4. The molecule has 0 aliphatic rings. The maximum Gasteiger partial charge on any atom is 0.573 e. The van der Waals surface area contributed by atoms with E-state index in [0.29, 0.717) is 24.6 Å². The molecule has 2 N–H and O–H groups in total. The molecule has 0 fully saturated rings. The summed E-state index contributed by atoms with van der Waals surface area (Å²) in [6, 6.07) is 5.97. The van der Waals surface area contributed by atoms with Crippen LogP contribution in [0.3, 0.4) is 0 Å². The Labute approximate surface area is 171 Å². The van der Waals surface area contributed by atoms with Crippen LogP contribution in [0.5, 0.6) is 5.75 Å². The van der Waals surface area contributed by atoms with Gasteiger partial charge in [-0.05, 0) is 19.9 Å². The molecule has 1 aromatic heterocycles. The number of benzene rings is 1. The average Bonchev–Trinajstić information content (AvgIpc) is 2.95. The van der Waals surface area contributed by atoms with Crippen LogP contribution in [-0.4, -0.2) is 23.9 Å². The van der Waals surface area contributed by atoms with Gasteiger partial charge in [-0.25, -0.2) is 9.98 Å². The van der Waals surface area contributed by atoms with Crippen LogP contribution >= 0.6 is 35.3 Å². The van der Waals surface area contributed by atoms with E-state index < -0.39 is 6.36 Å². The first-order chi connectivity index (χ1) is 11.9. The van der Waals surface area contributed by atoms with Gasteiger partial charge in [-0.3, -0.25) is 0 Å². The molecule has 0 spiro atoms. The number of alkyl halides is 3. The first-order valence-electron chi connectivity index (χ1n) is 7.64. The van der Waals surface area contributed by atoms with Gasteiger partial charge in [-0.2, -0.15) is 0 Å². The lowest BCUT2D eigenvalue weighted by atomic mass is 10.2. The molecule has 2 aromatic rings. The van der Waals surface area contributed by atoms with Gasteiger partial charge in [0.15, 0.2) is 5.96 Å². The number of aromatic nitrogens is 1. The zero-order chi connectivity index (χ0) is 18.3. The number of hydrogen-bond donors (Lipinski definition) is 2. The van der Waals surface area contributed by atoms with E-state index in [4.69, 9.17) is 0 Å². The van der Waals surface area contributed by atoms with Crippen molar-refractivity contribution in [3.63, 3.8) is 0 Å². The summed E-state index contributed by atoms with van der Waals surface area (Å²) in [4.78, 5) is 9.55. The molecule has 0 radical (unpaired) electrons. The number of nitrogens with one attached hydrogen (secondary N) is 2. The molecule has 1 heterocycles. The molecule has 26 heavy (non-hydrogen) atoms. The summed E-state index contributed by atoms with van der Waals surface area (Å²) in [6.07, 6.45) is -2.95. The van der Waals surface area contributed by atoms with Crippen LogP contribution in [0.1, 0.15) is 22.4 Å². The van der Waals surface area contributed by atoms with E-state index in [1.807, 2.05) is 13.8 Å². The number of nitrogens with zero attached hydrogens (tertiary/aromatic N) is 2. The molecule has 0 saturated heterocycles. The largest absolute Gasteiger partial charge is 0.573 e. The Kier molecular flexibility index (Phi) is 9.13. The van der Waals surface area contributed by atoms with E-state index in [1.54, 1.807) is 29.7 Å². The number of halogens is 4. The Morgan fingerprint density at radius 2 is 2.00 bits per heavy atom. The number of aliphatic imine (C=N–C) groups is 1. The molecule has 0 atom stereocenters. The summed E-state index contributed by atoms with van der Waals surface area (Å²) >= 11 is 1.57. The van der Waals surface area contributed by atoms with E-state index >= 15 is 0 Å². The molecule has 2 rings (SSSR count). The van der Waals surface area contributed by atoms with E-state index in [0.717, 1.165) is 9.88 Å². The van der Waals surface area contributed by atoms with Crippen molar-refractivity contribution >= 4 is 41.3 Å². The number of guanidine groups is 1. The minimum absolute atomic E-state index is 0. The van der Waals surface area contributed by atoms with Gasteiger partial charge in [0.2, 0.25) is 0 Å². The summed E-state index contributed by atoms with van der Waals surface area (Å²) in [5.74, 6) is 0.267. The van der Waals surface area contributed by atoms with E-state index in [-0.39, 0.29) is 36.3 Å². The van der Waals surface area contributed by atoms with Crippen molar-refractivity contribution in [3.8, 4) is 5.75 Å². The van der Waals surface area contributed by atoms with Crippen molar-refractivity contribution in [2.75, 3.05) is 6.54 Å². The number of para-hydroxylation sites is 1. The minimum Gasteiger partial charge on any atom is -0.405 e. The minimum atomic E-state index is -4.73. The Morgan fingerprint density at radius 3 is 2.62 bits per heavy atom. The Hall–Kier alpha value is -1.56. The number of thiazole rings is 1. The van der Waals surface area contributed by atoms with Crippen molar-refractivity contribution in [1.82, 2.24) is 15.6 Å². The normalized spacial score (nSPS) is 11.7. The molecule has 0 bridgehead atoms. The molecule has 1 aromatic carbocycles. The quantitative estimate of drug-likeness (QED) is 0.355. The molecule has 10 heteroatoms. The highest BCUT2D eigenvalue weighted by Crippen LogP contribution is 2.26. The predicted molar refractivity (Wildman–Crippen MR) is 107 cm³/mol. The molecule has 0 unspecified atom stereocenters. The molecular weight excluding hydrogens is 480 g/mol. The number of hydrogen-bond acceptors (Lipinski definition) is 4. The topological polar surface area (TPSA) is 58.5 Å². The monoisotopic (exact) mass is 500 g/mol. The molecule has 5 nitrogen and oxygen atoms in total. The molecule has 0 saturated carbocycles. The SMILES string of the molecule is CCNC(=NCc1ccccc1OC(F)(F)F)NCc1cnc(C)s1.I. The molecule has 0 aliphatic heterocycles.